The van der Waals surface area contributed by atoms with Crippen molar-refractivity contribution in [2.45, 2.75) is 6.92 Å². The third-order valence-electron chi connectivity index (χ3n) is 2.92. The molecule has 0 amide bonds. The number of thiazole rings is 1. The number of benzene rings is 1. The normalized spacial score (nSPS) is 15.9. The SMILES string of the molecule is Cc1ccc2nc(N3CCNCC3)sc2c1.Cl. The Morgan fingerprint density at radius 1 is 1.29 bits per heavy atom. The zero-order valence-electron chi connectivity index (χ0n) is 9.77. The van der Waals surface area contributed by atoms with Gasteiger partial charge in [0, 0.05) is 26.2 Å². The van der Waals surface area contributed by atoms with Crippen LogP contribution in [0.2, 0.25) is 0 Å². The lowest BCUT2D eigenvalue weighted by molar-refractivity contribution is 0.588. The number of aryl methyl sites for hydroxylation is 1. The first-order valence-electron chi connectivity index (χ1n) is 5.66. The molecule has 1 aromatic heterocycles. The van der Waals surface area contributed by atoms with Crippen LogP contribution in [0.1, 0.15) is 5.56 Å². The topological polar surface area (TPSA) is 28.2 Å². The highest BCUT2D eigenvalue weighted by atomic mass is 35.5. The van der Waals surface area contributed by atoms with Crippen LogP contribution >= 0.6 is 23.7 Å². The van der Waals surface area contributed by atoms with Crippen LogP contribution < -0.4 is 10.2 Å². The lowest BCUT2D eigenvalue weighted by Gasteiger charge is -2.26. The number of rotatable bonds is 1. The van der Waals surface area contributed by atoms with E-state index in [9.17, 15) is 0 Å². The van der Waals surface area contributed by atoms with Crippen LogP contribution in [-0.2, 0) is 0 Å². The number of piperazine rings is 1. The number of nitrogens with one attached hydrogen (secondary N) is 1. The molecule has 0 aliphatic carbocycles. The molecule has 0 spiro atoms. The summed E-state index contributed by atoms with van der Waals surface area (Å²) in [6.45, 7) is 6.39. The van der Waals surface area contributed by atoms with Crippen LogP contribution in [0, 0.1) is 6.92 Å². The second-order valence-electron chi connectivity index (χ2n) is 4.20. The maximum absolute atomic E-state index is 4.69. The van der Waals surface area contributed by atoms with E-state index in [1.165, 1.54) is 15.4 Å². The second-order valence-corrected chi connectivity index (χ2v) is 5.21. The van der Waals surface area contributed by atoms with Crippen LogP contribution in [0.15, 0.2) is 18.2 Å². The lowest BCUT2D eigenvalue weighted by atomic mass is 10.2. The minimum Gasteiger partial charge on any atom is -0.346 e. The maximum atomic E-state index is 4.69. The molecule has 0 atom stereocenters. The van der Waals surface area contributed by atoms with Crippen LogP contribution in [0.25, 0.3) is 10.2 Å². The summed E-state index contributed by atoms with van der Waals surface area (Å²) in [6, 6.07) is 6.47. The maximum Gasteiger partial charge on any atom is 0.186 e. The van der Waals surface area contributed by atoms with Gasteiger partial charge in [0.05, 0.1) is 10.2 Å². The number of aromatic nitrogens is 1. The first kappa shape index (κ1) is 12.6. The summed E-state index contributed by atoms with van der Waals surface area (Å²) in [6.07, 6.45) is 0. The fourth-order valence-corrected chi connectivity index (χ4v) is 3.13. The molecular weight excluding hydrogens is 254 g/mol. The summed E-state index contributed by atoms with van der Waals surface area (Å²) in [5.41, 5.74) is 2.44. The Morgan fingerprint density at radius 3 is 2.82 bits per heavy atom. The summed E-state index contributed by atoms with van der Waals surface area (Å²) >= 11 is 1.80. The van der Waals surface area contributed by atoms with Crippen LogP contribution in [-0.4, -0.2) is 31.2 Å². The molecule has 0 saturated carbocycles. The van der Waals surface area contributed by atoms with Crippen molar-refractivity contribution < 1.29 is 0 Å². The van der Waals surface area contributed by atoms with Gasteiger partial charge in [-0.1, -0.05) is 17.4 Å². The molecule has 2 aromatic rings. The Hall–Kier alpha value is -0.840. The average Bonchev–Trinajstić information content (AvgIpc) is 2.73. The Labute approximate surface area is 111 Å². The Morgan fingerprint density at radius 2 is 2.06 bits per heavy atom. The molecular formula is C12H16ClN3S. The van der Waals surface area contributed by atoms with E-state index in [2.05, 4.69) is 35.3 Å². The molecule has 1 fully saturated rings. The minimum absolute atomic E-state index is 0. The van der Waals surface area contributed by atoms with Gasteiger partial charge in [0.25, 0.3) is 0 Å². The zero-order chi connectivity index (χ0) is 11.0. The molecule has 3 nitrogen and oxygen atoms in total. The van der Waals surface area contributed by atoms with Crippen molar-refractivity contribution >= 4 is 39.1 Å². The quantitative estimate of drug-likeness (QED) is 0.862. The van der Waals surface area contributed by atoms with Gasteiger partial charge in [-0.3, -0.25) is 0 Å². The van der Waals surface area contributed by atoms with Crippen molar-refractivity contribution in [2.24, 2.45) is 0 Å². The first-order valence-corrected chi connectivity index (χ1v) is 6.47. The van der Waals surface area contributed by atoms with E-state index in [-0.39, 0.29) is 12.4 Å². The van der Waals surface area contributed by atoms with Crippen LogP contribution in [0.4, 0.5) is 5.13 Å². The van der Waals surface area contributed by atoms with E-state index in [0.717, 1.165) is 31.7 Å². The van der Waals surface area contributed by atoms with Gasteiger partial charge in [-0.25, -0.2) is 4.98 Å². The van der Waals surface area contributed by atoms with Gasteiger partial charge in [-0.05, 0) is 24.6 Å². The lowest BCUT2D eigenvalue weighted by Crippen LogP contribution is -2.43. The monoisotopic (exact) mass is 269 g/mol. The van der Waals surface area contributed by atoms with Gasteiger partial charge < -0.3 is 10.2 Å². The van der Waals surface area contributed by atoms with E-state index in [0.29, 0.717) is 0 Å². The standard InChI is InChI=1S/C12H15N3S.ClH/c1-9-2-3-10-11(8-9)16-12(14-10)15-6-4-13-5-7-15;/h2-3,8,13H,4-7H2,1H3;1H. The van der Waals surface area contributed by atoms with Crippen molar-refractivity contribution in [1.82, 2.24) is 10.3 Å². The van der Waals surface area contributed by atoms with Gasteiger partial charge in [-0.2, -0.15) is 0 Å². The van der Waals surface area contributed by atoms with E-state index in [1.54, 1.807) is 11.3 Å². The number of fused-ring (bicyclic) bond motifs is 1. The van der Waals surface area contributed by atoms with Crippen LogP contribution in [0.5, 0.6) is 0 Å². The molecule has 1 saturated heterocycles. The summed E-state index contributed by atoms with van der Waals surface area (Å²) in [5, 5.41) is 4.53. The third-order valence-corrected chi connectivity index (χ3v) is 4.00. The molecule has 0 bridgehead atoms. The van der Waals surface area contributed by atoms with Gasteiger partial charge in [0.15, 0.2) is 5.13 Å². The van der Waals surface area contributed by atoms with Crippen LogP contribution in [0.3, 0.4) is 0 Å². The highest BCUT2D eigenvalue weighted by molar-refractivity contribution is 7.22. The van der Waals surface area contributed by atoms with E-state index >= 15 is 0 Å². The molecule has 3 rings (SSSR count). The highest BCUT2D eigenvalue weighted by Crippen LogP contribution is 2.29. The highest BCUT2D eigenvalue weighted by Gasteiger charge is 2.14. The number of hydrogen-bond donors (Lipinski definition) is 1. The van der Waals surface area contributed by atoms with Crippen molar-refractivity contribution in [1.29, 1.82) is 0 Å². The summed E-state index contributed by atoms with van der Waals surface area (Å²) in [4.78, 5) is 7.07. The third kappa shape index (κ3) is 2.54. The Bertz CT molecular complexity index is 505. The van der Waals surface area contributed by atoms with Crippen molar-refractivity contribution in [3.05, 3.63) is 23.8 Å². The number of anilines is 1. The molecule has 0 unspecified atom stereocenters. The zero-order valence-corrected chi connectivity index (χ0v) is 11.4. The minimum atomic E-state index is 0. The van der Waals surface area contributed by atoms with Crippen molar-refractivity contribution in [3.8, 4) is 0 Å². The number of halogens is 1. The Kier molecular flexibility index (Phi) is 3.86. The second kappa shape index (κ2) is 5.21. The molecule has 92 valence electrons. The first-order chi connectivity index (χ1) is 7.83. The molecule has 1 aliphatic rings. The van der Waals surface area contributed by atoms with E-state index < -0.39 is 0 Å². The summed E-state index contributed by atoms with van der Waals surface area (Å²) in [7, 11) is 0. The Balaban J connectivity index is 0.00000108. The fourth-order valence-electron chi connectivity index (χ4n) is 2.01. The number of nitrogens with zero attached hydrogens (tertiary/aromatic N) is 2. The molecule has 0 radical (unpaired) electrons. The summed E-state index contributed by atoms with van der Waals surface area (Å²) in [5.74, 6) is 0. The van der Waals surface area contributed by atoms with Gasteiger partial charge >= 0.3 is 0 Å². The van der Waals surface area contributed by atoms with Crippen molar-refractivity contribution in [3.63, 3.8) is 0 Å². The molecule has 5 heteroatoms. The van der Waals surface area contributed by atoms with Gasteiger partial charge in [-0.15, -0.1) is 12.4 Å². The predicted molar refractivity (Wildman–Crippen MR) is 76.7 cm³/mol. The van der Waals surface area contributed by atoms with Crippen molar-refractivity contribution in [2.75, 3.05) is 31.1 Å². The molecule has 2 heterocycles. The van der Waals surface area contributed by atoms with E-state index in [1.807, 2.05) is 0 Å². The summed E-state index contributed by atoms with van der Waals surface area (Å²) < 4.78 is 1.30. The molecule has 1 aromatic carbocycles. The largest absolute Gasteiger partial charge is 0.346 e. The molecule has 1 N–H and O–H groups in total. The molecule has 17 heavy (non-hydrogen) atoms. The fraction of sp³-hybridized carbons (Fsp3) is 0.417. The van der Waals surface area contributed by atoms with Gasteiger partial charge in [0.1, 0.15) is 0 Å². The number of hydrogen-bond acceptors (Lipinski definition) is 4. The van der Waals surface area contributed by atoms with Gasteiger partial charge in [0.2, 0.25) is 0 Å². The molecule has 1 aliphatic heterocycles. The predicted octanol–water partition coefficient (Wildman–Crippen LogP) is 2.44. The van der Waals surface area contributed by atoms with E-state index in [4.69, 9.17) is 4.98 Å². The average molecular weight is 270 g/mol. The smallest absolute Gasteiger partial charge is 0.186 e.